The highest BCUT2D eigenvalue weighted by Gasteiger charge is 2.17. The van der Waals surface area contributed by atoms with Gasteiger partial charge in [0.1, 0.15) is 0 Å². The van der Waals surface area contributed by atoms with E-state index in [0.29, 0.717) is 5.92 Å². The van der Waals surface area contributed by atoms with Crippen molar-refractivity contribution in [2.45, 2.75) is 45.6 Å². The van der Waals surface area contributed by atoms with Crippen molar-refractivity contribution in [2.24, 2.45) is 5.92 Å². The highest BCUT2D eigenvalue weighted by molar-refractivity contribution is 5.81. The molecule has 1 aromatic heterocycles. The molecule has 1 heterocycles. The second kappa shape index (κ2) is 6.79. The lowest BCUT2D eigenvalue weighted by molar-refractivity contribution is 0.319. The van der Waals surface area contributed by atoms with Crippen LogP contribution in [0.15, 0.2) is 47.3 Å². The van der Waals surface area contributed by atoms with Crippen LogP contribution in [-0.2, 0) is 6.54 Å². The second-order valence-electron chi connectivity index (χ2n) is 7.22. The third kappa shape index (κ3) is 3.34. The Labute approximate surface area is 147 Å². The highest BCUT2D eigenvalue weighted by Crippen LogP contribution is 2.27. The van der Waals surface area contributed by atoms with Crippen LogP contribution in [-0.4, -0.2) is 9.55 Å². The molecule has 0 bridgehead atoms. The fourth-order valence-electron chi connectivity index (χ4n) is 3.92. The zero-order valence-electron chi connectivity index (χ0n) is 14.7. The van der Waals surface area contributed by atoms with Crippen molar-refractivity contribution in [3.8, 4) is 0 Å². The Kier molecular flexibility index (Phi) is 4.35. The first kappa shape index (κ1) is 16.0. The average molecular weight is 335 g/mol. The highest BCUT2D eigenvalue weighted by atomic mass is 16.1. The molecular weight excluding hydrogens is 310 g/mol. The maximum Gasteiger partial charge on any atom is 0.326 e. The maximum absolute atomic E-state index is 12.4. The van der Waals surface area contributed by atoms with Crippen molar-refractivity contribution >= 4 is 22.4 Å². The molecule has 0 atom stereocenters. The third-order valence-electron chi connectivity index (χ3n) is 5.36. The Morgan fingerprint density at radius 2 is 1.92 bits per heavy atom. The lowest BCUT2D eigenvalue weighted by atomic mass is 9.89. The lowest BCUT2D eigenvalue weighted by Gasteiger charge is -2.21. The summed E-state index contributed by atoms with van der Waals surface area (Å²) in [6, 6.07) is 14.3. The van der Waals surface area contributed by atoms with Gasteiger partial charge in [0.2, 0.25) is 0 Å². The fraction of sp³-hybridized carbons (Fsp3) is 0.381. The molecule has 4 nitrogen and oxygen atoms in total. The number of fused-ring (bicyclic) bond motifs is 1. The molecule has 2 aromatic carbocycles. The van der Waals surface area contributed by atoms with Gasteiger partial charge in [0.15, 0.2) is 0 Å². The second-order valence-corrected chi connectivity index (χ2v) is 7.22. The van der Waals surface area contributed by atoms with Gasteiger partial charge < -0.3 is 10.3 Å². The molecule has 1 aliphatic carbocycles. The van der Waals surface area contributed by atoms with E-state index in [1.54, 1.807) is 0 Å². The van der Waals surface area contributed by atoms with Gasteiger partial charge in [0.25, 0.3) is 0 Å². The minimum atomic E-state index is 0.00798. The van der Waals surface area contributed by atoms with Gasteiger partial charge in [0, 0.05) is 17.9 Å². The van der Waals surface area contributed by atoms with E-state index in [9.17, 15) is 4.79 Å². The predicted molar refractivity (Wildman–Crippen MR) is 104 cm³/mol. The predicted octanol–water partition coefficient (Wildman–Crippen LogP) is 4.96. The largest absolute Gasteiger partial charge is 0.355 e. The Balaban J connectivity index is 1.61. The molecule has 3 aromatic rings. The van der Waals surface area contributed by atoms with E-state index in [1.165, 1.54) is 37.7 Å². The van der Waals surface area contributed by atoms with E-state index in [2.05, 4.69) is 41.5 Å². The van der Waals surface area contributed by atoms with Gasteiger partial charge >= 0.3 is 5.69 Å². The van der Waals surface area contributed by atoms with Crippen LogP contribution in [0.25, 0.3) is 11.0 Å². The van der Waals surface area contributed by atoms with Crippen molar-refractivity contribution in [1.29, 1.82) is 0 Å². The molecule has 2 N–H and O–H groups in total. The van der Waals surface area contributed by atoms with Crippen molar-refractivity contribution in [3.05, 3.63) is 58.5 Å². The average Bonchev–Trinajstić information content (AvgIpc) is 2.93. The van der Waals surface area contributed by atoms with Crippen LogP contribution in [0.5, 0.6) is 0 Å². The smallest absolute Gasteiger partial charge is 0.326 e. The summed E-state index contributed by atoms with van der Waals surface area (Å²) < 4.78 is 1.92. The van der Waals surface area contributed by atoms with Crippen LogP contribution >= 0.6 is 0 Å². The number of nitrogens with one attached hydrogen (secondary N) is 2. The van der Waals surface area contributed by atoms with Crippen molar-refractivity contribution < 1.29 is 0 Å². The number of hydrogen-bond donors (Lipinski definition) is 2. The molecular formula is C21H25N3O. The quantitative estimate of drug-likeness (QED) is 0.708. The number of aromatic amines is 1. The van der Waals surface area contributed by atoms with Gasteiger partial charge in [0.05, 0.1) is 11.0 Å². The zero-order valence-corrected chi connectivity index (χ0v) is 14.7. The number of para-hydroxylation sites is 1. The standard InChI is InChI=1S/C21H25N3O/c1-15-7-5-6-10-18(15)22-17-11-12-20-19(13-17)23-21(25)24(20)14-16-8-3-2-4-9-16/h5-7,10-13,16,22H,2-4,8-9,14H2,1H3,(H,23,25). The van der Waals surface area contributed by atoms with Crippen LogP contribution in [0.3, 0.4) is 0 Å². The summed E-state index contributed by atoms with van der Waals surface area (Å²) in [4.78, 5) is 15.4. The molecule has 0 radical (unpaired) electrons. The molecule has 25 heavy (non-hydrogen) atoms. The minimum absolute atomic E-state index is 0.00798. The van der Waals surface area contributed by atoms with Gasteiger partial charge in [-0.3, -0.25) is 4.57 Å². The van der Waals surface area contributed by atoms with Gasteiger partial charge in [-0.25, -0.2) is 4.79 Å². The fourth-order valence-corrected chi connectivity index (χ4v) is 3.92. The van der Waals surface area contributed by atoms with E-state index in [0.717, 1.165) is 29.0 Å². The molecule has 1 fully saturated rings. The topological polar surface area (TPSA) is 49.8 Å². The third-order valence-corrected chi connectivity index (χ3v) is 5.36. The van der Waals surface area contributed by atoms with Crippen LogP contribution in [0, 0.1) is 12.8 Å². The van der Waals surface area contributed by atoms with Gasteiger partial charge in [-0.2, -0.15) is 0 Å². The first-order chi connectivity index (χ1) is 12.2. The molecule has 0 spiro atoms. The molecule has 1 aliphatic rings. The number of aryl methyl sites for hydroxylation is 1. The van der Waals surface area contributed by atoms with Gasteiger partial charge in [-0.1, -0.05) is 37.5 Å². The van der Waals surface area contributed by atoms with Gasteiger partial charge in [-0.05, 0) is 55.5 Å². The minimum Gasteiger partial charge on any atom is -0.355 e. The zero-order chi connectivity index (χ0) is 17.2. The molecule has 0 aliphatic heterocycles. The number of nitrogens with zero attached hydrogens (tertiary/aromatic N) is 1. The molecule has 0 amide bonds. The van der Waals surface area contributed by atoms with Crippen LogP contribution in [0.2, 0.25) is 0 Å². The van der Waals surface area contributed by atoms with E-state index in [4.69, 9.17) is 0 Å². The Bertz CT molecular complexity index is 932. The Morgan fingerprint density at radius 1 is 1.12 bits per heavy atom. The number of imidazole rings is 1. The first-order valence-corrected chi connectivity index (χ1v) is 9.26. The Hall–Kier alpha value is -2.49. The molecule has 0 saturated heterocycles. The maximum atomic E-state index is 12.4. The number of rotatable bonds is 4. The summed E-state index contributed by atoms with van der Waals surface area (Å²) in [5.41, 5.74) is 5.20. The molecule has 4 rings (SSSR count). The molecule has 4 heteroatoms. The summed E-state index contributed by atoms with van der Waals surface area (Å²) >= 11 is 0. The number of hydrogen-bond acceptors (Lipinski definition) is 2. The number of anilines is 2. The number of H-pyrrole nitrogens is 1. The Morgan fingerprint density at radius 3 is 2.72 bits per heavy atom. The van der Waals surface area contributed by atoms with Gasteiger partial charge in [-0.15, -0.1) is 0 Å². The summed E-state index contributed by atoms with van der Waals surface area (Å²) in [5.74, 6) is 0.634. The first-order valence-electron chi connectivity index (χ1n) is 9.26. The summed E-state index contributed by atoms with van der Waals surface area (Å²) in [6.45, 7) is 2.92. The molecule has 1 saturated carbocycles. The van der Waals surface area contributed by atoms with E-state index < -0.39 is 0 Å². The molecule has 130 valence electrons. The van der Waals surface area contributed by atoms with E-state index in [1.807, 2.05) is 22.8 Å². The van der Waals surface area contributed by atoms with E-state index >= 15 is 0 Å². The van der Waals surface area contributed by atoms with Crippen molar-refractivity contribution in [2.75, 3.05) is 5.32 Å². The monoisotopic (exact) mass is 335 g/mol. The lowest BCUT2D eigenvalue weighted by Crippen LogP contribution is -2.22. The summed E-state index contributed by atoms with van der Waals surface area (Å²) in [6.07, 6.45) is 6.42. The van der Waals surface area contributed by atoms with Crippen LogP contribution in [0.1, 0.15) is 37.7 Å². The van der Waals surface area contributed by atoms with Crippen molar-refractivity contribution in [3.63, 3.8) is 0 Å². The number of benzene rings is 2. The normalized spacial score (nSPS) is 15.6. The van der Waals surface area contributed by atoms with E-state index in [-0.39, 0.29) is 5.69 Å². The number of aromatic nitrogens is 2. The SMILES string of the molecule is Cc1ccccc1Nc1ccc2c(c1)[nH]c(=O)n2CC1CCCCC1. The van der Waals surface area contributed by atoms with Crippen LogP contribution < -0.4 is 11.0 Å². The summed E-state index contributed by atoms with van der Waals surface area (Å²) in [7, 11) is 0. The summed E-state index contributed by atoms with van der Waals surface area (Å²) in [5, 5.41) is 3.44. The van der Waals surface area contributed by atoms with Crippen molar-refractivity contribution in [1.82, 2.24) is 9.55 Å². The van der Waals surface area contributed by atoms with Crippen LogP contribution in [0.4, 0.5) is 11.4 Å². The molecule has 0 unspecified atom stereocenters.